The molecule has 1 aromatic heterocycles. The molecule has 4 atom stereocenters. The van der Waals surface area contributed by atoms with E-state index in [1.807, 2.05) is 0 Å². The molecule has 0 unspecified atom stereocenters. The number of nitrogens with one attached hydrogen (secondary N) is 3. The van der Waals surface area contributed by atoms with Crippen molar-refractivity contribution < 1.29 is 18.7 Å². The van der Waals surface area contributed by atoms with E-state index in [2.05, 4.69) is 36.7 Å². The molecule has 2 aliphatic rings. The highest BCUT2D eigenvalue weighted by Gasteiger charge is 2.66. The van der Waals surface area contributed by atoms with Gasteiger partial charge >= 0.3 is 6.09 Å². The van der Waals surface area contributed by atoms with Crippen LogP contribution >= 0.6 is 23.2 Å². The number of hydrogen-bond donors (Lipinski definition) is 3. The predicted octanol–water partition coefficient (Wildman–Crippen LogP) is 6.43. The zero-order valence-electron chi connectivity index (χ0n) is 21.4. The lowest BCUT2D eigenvalue weighted by Gasteiger charge is -2.37. The first-order valence-electron chi connectivity index (χ1n) is 12.3. The summed E-state index contributed by atoms with van der Waals surface area (Å²) in [6.07, 6.45) is 0.522. The molecule has 0 radical (unpaired) electrons. The second-order valence-electron chi connectivity index (χ2n) is 11.1. The molecule has 3 heterocycles. The summed E-state index contributed by atoms with van der Waals surface area (Å²) in [6, 6.07) is 12.8. The van der Waals surface area contributed by atoms with Gasteiger partial charge in [-0.05, 0) is 53.3 Å². The van der Waals surface area contributed by atoms with Gasteiger partial charge in [0.1, 0.15) is 17.1 Å². The van der Waals surface area contributed by atoms with Gasteiger partial charge in [0, 0.05) is 30.0 Å². The highest BCUT2D eigenvalue weighted by Crippen LogP contribution is 2.57. The maximum Gasteiger partial charge on any atom is 0.414 e. The minimum atomic E-state index is -1.31. The summed E-state index contributed by atoms with van der Waals surface area (Å²) in [6.45, 7) is 6.18. The highest BCUT2D eigenvalue weighted by molar-refractivity contribution is 6.31. The Labute approximate surface area is 230 Å². The van der Waals surface area contributed by atoms with Crippen molar-refractivity contribution in [2.24, 2.45) is 12.5 Å². The minimum Gasteiger partial charge on any atom is -0.429 e. The zero-order chi connectivity index (χ0) is 27.4. The number of benzene rings is 2. The van der Waals surface area contributed by atoms with Crippen LogP contribution in [0.4, 0.5) is 20.7 Å². The van der Waals surface area contributed by atoms with E-state index < -0.39 is 35.5 Å². The van der Waals surface area contributed by atoms with Gasteiger partial charge in [-0.2, -0.15) is 0 Å². The molecule has 2 amide bonds. The van der Waals surface area contributed by atoms with Crippen LogP contribution in [0.1, 0.15) is 44.2 Å². The molecule has 3 N–H and O–H groups in total. The lowest BCUT2D eigenvalue weighted by molar-refractivity contribution is -0.122. The van der Waals surface area contributed by atoms with Gasteiger partial charge in [-0.25, -0.2) is 9.18 Å². The van der Waals surface area contributed by atoms with Gasteiger partial charge in [-0.1, -0.05) is 62.2 Å². The third-order valence-corrected chi connectivity index (χ3v) is 7.83. The zero-order valence-corrected chi connectivity index (χ0v) is 23.0. The fourth-order valence-electron chi connectivity index (χ4n) is 5.81. The number of halogens is 3. The number of aromatic nitrogens is 1. The molecule has 0 aliphatic carbocycles. The first kappa shape index (κ1) is 26.5. The van der Waals surface area contributed by atoms with Crippen LogP contribution in [0, 0.1) is 11.2 Å². The number of hydrogen-bond acceptors (Lipinski definition) is 4. The summed E-state index contributed by atoms with van der Waals surface area (Å²) < 4.78 is 23.4. The Morgan fingerprint density at radius 3 is 2.63 bits per heavy atom. The molecule has 0 saturated carbocycles. The number of carbonyl (C=O) groups is 2. The molecule has 1 fully saturated rings. The van der Waals surface area contributed by atoms with E-state index in [0.29, 0.717) is 28.5 Å². The molecular formula is C28H29Cl2FN4O3. The van der Waals surface area contributed by atoms with Crippen LogP contribution in [-0.4, -0.2) is 28.8 Å². The van der Waals surface area contributed by atoms with Crippen molar-refractivity contribution in [1.82, 2.24) is 9.88 Å². The van der Waals surface area contributed by atoms with Crippen molar-refractivity contribution in [2.45, 2.75) is 50.8 Å². The molecule has 7 nitrogen and oxygen atoms in total. The van der Waals surface area contributed by atoms with Crippen molar-refractivity contribution in [2.75, 3.05) is 10.6 Å². The van der Waals surface area contributed by atoms with E-state index >= 15 is 4.39 Å². The molecule has 2 aromatic carbocycles. The molecule has 1 spiro atoms. The molecule has 2 aliphatic heterocycles. The normalized spacial score (nSPS) is 24.4. The maximum absolute atomic E-state index is 15.7. The molecule has 200 valence electrons. The van der Waals surface area contributed by atoms with Gasteiger partial charge in [0.25, 0.3) is 0 Å². The second kappa shape index (κ2) is 9.59. The first-order chi connectivity index (χ1) is 17.9. The Kier molecular flexibility index (Phi) is 6.70. The summed E-state index contributed by atoms with van der Waals surface area (Å²) in [7, 11) is 1.78. The number of ether oxygens (including phenoxy) is 1. The molecule has 38 heavy (non-hydrogen) atoms. The average molecular weight is 559 g/mol. The lowest BCUT2D eigenvalue weighted by atomic mass is 9.63. The number of rotatable bonds is 4. The Morgan fingerprint density at radius 1 is 1.18 bits per heavy atom. The van der Waals surface area contributed by atoms with E-state index in [1.54, 1.807) is 60.3 Å². The van der Waals surface area contributed by atoms with Crippen LogP contribution in [0.15, 0.2) is 54.7 Å². The second-order valence-corrected chi connectivity index (χ2v) is 11.9. The summed E-state index contributed by atoms with van der Waals surface area (Å²) in [4.78, 5) is 27.2. The maximum atomic E-state index is 15.7. The van der Waals surface area contributed by atoms with Crippen molar-refractivity contribution in [3.05, 3.63) is 81.7 Å². The first-order valence-corrected chi connectivity index (χ1v) is 13.1. The van der Waals surface area contributed by atoms with Crippen LogP contribution in [0.2, 0.25) is 10.0 Å². The van der Waals surface area contributed by atoms with Gasteiger partial charge < -0.3 is 14.6 Å². The summed E-state index contributed by atoms with van der Waals surface area (Å²) in [5.74, 6) is -1.40. The van der Waals surface area contributed by atoms with Crippen molar-refractivity contribution >= 4 is 46.7 Å². The quantitative estimate of drug-likeness (QED) is 0.344. The molecule has 1 saturated heterocycles. The molecule has 3 aromatic rings. The average Bonchev–Trinajstić information content (AvgIpc) is 3.44. The van der Waals surface area contributed by atoms with Crippen molar-refractivity contribution in [1.29, 1.82) is 0 Å². The minimum absolute atomic E-state index is 0.0846. The van der Waals surface area contributed by atoms with Gasteiger partial charge in [0.2, 0.25) is 5.91 Å². The Balaban J connectivity index is 1.67. The van der Waals surface area contributed by atoms with Crippen LogP contribution in [-0.2, 0) is 22.0 Å². The molecule has 5 rings (SSSR count). The highest BCUT2D eigenvalue weighted by atomic mass is 35.5. The topological polar surface area (TPSA) is 84.4 Å². The Bertz CT molecular complexity index is 1420. The Morgan fingerprint density at radius 2 is 1.95 bits per heavy atom. The molecule has 0 bridgehead atoms. The number of amides is 2. The van der Waals surface area contributed by atoms with Crippen LogP contribution in [0.3, 0.4) is 0 Å². The van der Waals surface area contributed by atoms with Crippen LogP contribution < -0.4 is 16.0 Å². The van der Waals surface area contributed by atoms with Gasteiger partial charge in [-0.15, -0.1) is 0 Å². The number of anilines is 2. The largest absolute Gasteiger partial charge is 0.429 e. The lowest BCUT2D eigenvalue weighted by Crippen LogP contribution is -2.49. The van der Waals surface area contributed by atoms with Crippen LogP contribution in [0.25, 0.3) is 0 Å². The molecular weight excluding hydrogens is 530 g/mol. The standard InChI is InChI=1S/C28H29Cl2FN4O3/c1-27(2,3)14-20-28(17-11-10-15(29)13-19(17)32-25(28)36)22(16-7-5-8-18(30)23(16)31)24(33-20)38-26(37)34-21-9-6-12-35(21)4/h5-13,20,22,24,33H,14H2,1-4H3,(H,32,36)(H,34,37)/t20-,22-,24+,28+/m0/s1. The number of fused-ring (bicyclic) bond motifs is 2. The fraction of sp³-hybridized carbons (Fsp3) is 0.357. The SMILES string of the molecule is Cn1cccc1NC(=O)O[C@H]1N[C@@H](CC(C)(C)C)[C@@]2(C(=O)Nc3cc(Cl)ccc32)[C@H]1c1cccc(Cl)c1F. The van der Waals surface area contributed by atoms with E-state index in [-0.39, 0.29) is 21.9 Å². The summed E-state index contributed by atoms with van der Waals surface area (Å²) in [5.41, 5.74) is -0.153. The number of carbonyl (C=O) groups excluding carboxylic acids is 2. The Hall–Kier alpha value is -3.07. The number of aryl methyl sites for hydroxylation is 1. The van der Waals surface area contributed by atoms with E-state index in [1.165, 1.54) is 6.07 Å². The van der Waals surface area contributed by atoms with E-state index in [9.17, 15) is 9.59 Å². The third kappa shape index (κ3) is 4.44. The summed E-state index contributed by atoms with van der Waals surface area (Å²) >= 11 is 12.5. The van der Waals surface area contributed by atoms with E-state index in [0.717, 1.165) is 0 Å². The smallest absolute Gasteiger partial charge is 0.414 e. The van der Waals surface area contributed by atoms with Gasteiger partial charge in [0.15, 0.2) is 6.23 Å². The van der Waals surface area contributed by atoms with E-state index in [4.69, 9.17) is 27.9 Å². The summed E-state index contributed by atoms with van der Waals surface area (Å²) in [5, 5.41) is 9.45. The predicted molar refractivity (Wildman–Crippen MR) is 146 cm³/mol. The van der Waals surface area contributed by atoms with Gasteiger partial charge in [0.05, 0.1) is 10.9 Å². The third-order valence-electron chi connectivity index (χ3n) is 7.30. The molecule has 10 heteroatoms. The van der Waals surface area contributed by atoms with Crippen molar-refractivity contribution in [3.63, 3.8) is 0 Å². The monoisotopic (exact) mass is 558 g/mol. The number of nitrogens with zero attached hydrogens (tertiary/aromatic N) is 1. The van der Waals surface area contributed by atoms with Gasteiger partial charge in [-0.3, -0.25) is 15.4 Å². The fourth-order valence-corrected chi connectivity index (χ4v) is 6.16. The van der Waals surface area contributed by atoms with Crippen molar-refractivity contribution in [3.8, 4) is 0 Å². The van der Waals surface area contributed by atoms with Crippen LogP contribution in [0.5, 0.6) is 0 Å².